The summed E-state index contributed by atoms with van der Waals surface area (Å²) < 4.78 is 0. The summed E-state index contributed by atoms with van der Waals surface area (Å²) in [6, 6.07) is 32.3. The maximum absolute atomic E-state index is 2.35. The molecule has 0 bridgehead atoms. The molecule has 0 aromatic heterocycles. The van der Waals surface area contributed by atoms with Gasteiger partial charge in [0.05, 0.1) is 0 Å². The van der Waals surface area contributed by atoms with Crippen LogP contribution in [-0.4, -0.2) is 5.43 Å². The average Bonchev–Trinajstić information content (AvgIpc) is 3.25. The summed E-state index contributed by atoms with van der Waals surface area (Å²) >= 11 is 1.69. The maximum Gasteiger partial charge on any atom is -0.0576 e. The Morgan fingerprint density at radius 3 is 1.32 bits per heavy atom. The third-order valence-electron chi connectivity index (χ3n) is 5.86. The summed E-state index contributed by atoms with van der Waals surface area (Å²) in [4.78, 5) is 0. The van der Waals surface area contributed by atoms with Gasteiger partial charge in [-0.1, -0.05) is 39.8 Å². The fraction of sp³-hybridized carbons (Fsp3) is 0.172. The Hall–Kier alpha value is -2.02. The van der Waals surface area contributed by atoms with Crippen LogP contribution < -0.4 is 5.19 Å². The van der Waals surface area contributed by atoms with Gasteiger partial charge in [-0.25, -0.2) is 0 Å². The Balaban J connectivity index is 0.000000133. The van der Waals surface area contributed by atoms with Crippen molar-refractivity contribution >= 4 is 32.2 Å². The minimum atomic E-state index is -0.122. The van der Waals surface area contributed by atoms with Crippen LogP contribution in [0.2, 0.25) is 6.55 Å². The standard InChI is InChI=1S/2C11H11.C7H8Si.Zr/c2*1-8-7-10-5-3-4-6-11(10)9(8)2;1-8-7-5-3-2-4-6-7;/h2*3-7H,1-2H3;2-6H,1H3;/q2*-1;;+2. The van der Waals surface area contributed by atoms with Gasteiger partial charge in [0.1, 0.15) is 0 Å². The second kappa shape index (κ2) is 11.0. The van der Waals surface area contributed by atoms with Gasteiger partial charge >= 0.3 is 70.8 Å². The smallest absolute Gasteiger partial charge is 0.0576 e. The second-order valence-corrected chi connectivity index (χ2v) is 15.4. The van der Waals surface area contributed by atoms with E-state index in [4.69, 9.17) is 0 Å². The van der Waals surface area contributed by atoms with E-state index in [1.165, 1.54) is 43.8 Å². The summed E-state index contributed by atoms with van der Waals surface area (Å²) in [5, 5.41) is 7.07. The predicted molar refractivity (Wildman–Crippen MR) is 136 cm³/mol. The summed E-state index contributed by atoms with van der Waals surface area (Å²) in [6.45, 7) is 11.0. The van der Waals surface area contributed by atoms with E-state index >= 15 is 0 Å². The van der Waals surface area contributed by atoms with Crippen LogP contribution in [0.1, 0.15) is 22.3 Å². The number of aryl methyl sites for hydroxylation is 4. The van der Waals surface area contributed by atoms with Gasteiger partial charge in [-0.3, -0.25) is 0 Å². The minimum Gasteiger partial charge on any atom is -0.154 e. The molecule has 0 saturated carbocycles. The largest absolute Gasteiger partial charge is 0.154 e. The topological polar surface area (TPSA) is 0 Å². The molecule has 0 aliphatic heterocycles. The van der Waals surface area contributed by atoms with E-state index < -0.39 is 0 Å². The number of rotatable bonds is 1. The van der Waals surface area contributed by atoms with Crippen molar-refractivity contribution in [2.45, 2.75) is 34.2 Å². The van der Waals surface area contributed by atoms with Crippen LogP contribution in [0.4, 0.5) is 0 Å². The van der Waals surface area contributed by atoms with Gasteiger partial charge in [0, 0.05) is 0 Å². The van der Waals surface area contributed by atoms with Crippen molar-refractivity contribution in [2.24, 2.45) is 0 Å². The van der Waals surface area contributed by atoms with Crippen LogP contribution in [-0.2, 0) is 23.3 Å². The van der Waals surface area contributed by atoms with Gasteiger partial charge in [-0.05, 0) is 0 Å². The van der Waals surface area contributed by atoms with E-state index in [-0.39, 0.29) is 5.43 Å². The molecule has 154 valence electrons. The van der Waals surface area contributed by atoms with Crippen LogP contribution >= 0.6 is 0 Å². The second-order valence-electron chi connectivity index (χ2n) is 8.07. The zero-order chi connectivity index (χ0) is 22.4. The Labute approximate surface area is 202 Å². The Morgan fingerprint density at radius 1 is 0.581 bits per heavy atom. The molecule has 31 heavy (non-hydrogen) atoms. The molecule has 0 unspecified atom stereocenters. The minimum absolute atomic E-state index is 0.122. The van der Waals surface area contributed by atoms with E-state index in [9.17, 15) is 0 Å². The quantitative estimate of drug-likeness (QED) is 0.167. The van der Waals surface area contributed by atoms with Crippen molar-refractivity contribution in [2.75, 3.05) is 0 Å². The van der Waals surface area contributed by atoms with Gasteiger partial charge in [0.15, 0.2) is 0 Å². The van der Waals surface area contributed by atoms with Crippen LogP contribution in [0, 0.1) is 27.7 Å². The third-order valence-corrected chi connectivity index (χ3v) is 9.19. The molecule has 2 heteroatoms. The van der Waals surface area contributed by atoms with Crippen molar-refractivity contribution in [3.05, 3.63) is 113 Å². The molecular weight excluding hydrogens is 468 g/mol. The van der Waals surface area contributed by atoms with Crippen LogP contribution in [0.3, 0.4) is 0 Å². The molecule has 5 rings (SSSR count). The van der Waals surface area contributed by atoms with Gasteiger partial charge < -0.3 is 0 Å². The summed E-state index contributed by atoms with van der Waals surface area (Å²) in [5.74, 6) is 0. The van der Waals surface area contributed by atoms with E-state index in [1.807, 2.05) is 0 Å². The van der Waals surface area contributed by atoms with Crippen molar-refractivity contribution in [3.8, 4) is 0 Å². The van der Waals surface area contributed by atoms with E-state index in [1.54, 1.807) is 28.5 Å². The van der Waals surface area contributed by atoms with E-state index in [2.05, 4.69) is 125 Å². The molecule has 0 atom stereocenters. The molecule has 0 saturated heterocycles. The summed E-state index contributed by atoms with van der Waals surface area (Å²) in [7, 11) is 0. The van der Waals surface area contributed by atoms with Crippen molar-refractivity contribution < 1.29 is 23.3 Å². The monoisotopic (exact) mass is 496 g/mol. The van der Waals surface area contributed by atoms with E-state index in [0.717, 1.165) is 0 Å². The Kier molecular flexibility index (Phi) is 8.41. The molecule has 0 heterocycles. The van der Waals surface area contributed by atoms with Crippen molar-refractivity contribution in [1.29, 1.82) is 0 Å². The van der Waals surface area contributed by atoms with Crippen molar-refractivity contribution in [3.63, 3.8) is 0 Å². The van der Waals surface area contributed by atoms with Gasteiger partial charge in [-0.15, -0.1) is 81.2 Å². The first kappa shape index (κ1) is 23.6. The SMILES string of the molecule is C[Si](=[Zr+2])c1ccccc1.Cc1[cH-]c2ccccc2c1C.Cc1[cH-]c2ccccc2c1C. The summed E-state index contributed by atoms with van der Waals surface area (Å²) in [6.07, 6.45) is 0. The molecule has 0 nitrogen and oxygen atoms in total. The third kappa shape index (κ3) is 6.03. The number of hydrogen-bond acceptors (Lipinski definition) is 0. The number of fused-ring (bicyclic) bond motifs is 2. The Morgan fingerprint density at radius 2 is 0.968 bits per heavy atom. The molecule has 0 fully saturated rings. The van der Waals surface area contributed by atoms with Crippen LogP contribution in [0.5, 0.6) is 0 Å². The molecular formula is C29H30SiZr. The first-order chi connectivity index (χ1) is 14.9. The molecule has 0 aliphatic rings. The van der Waals surface area contributed by atoms with Gasteiger partial charge in [0.25, 0.3) is 0 Å². The average molecular weight is 498 g/mol. The van der Waals surface area contributed by atoms with Crippen LogP contribution in [0.15, 0.2) is 91.0 Å². The fourth-order valence-corrected chi connectivity index (χ4v) is 5.65. The first-order valence-electron chi connectivity index (χ1n) is 10.7. The predicted octanol–water partition coefficient (Wildman–Crippen LogP) is 7.41. The molecule has 0 radical (unpaired) electrons. The molecule has 0 N–H and O–H groups in total. The number of hydrogen-bond donors (Lipinski definition) is 0. The van der Waals surface area contributed by atoms with Crippen LogP contribution in [0.25, 0.3) is 21.5 Å². The maximum atomic E-state index is 2.35. The number of benzene rings is 3. The molecule has 0 aliphatic carbocycles. The van der Waals surface area contributed by atoms with E-state index in [0.29, 0.717) is 0 Å². The summed E-state index contributed by atoms with van der Waals surface area (Å²) in [5.41, 5.74) is 5.50. The van der Waals surface area contributed by atoms with Crippen molar-refractivity contribution in [1.82, 2.24) is 0 Å². The molecule has 0 spiro atoms. The molecule has 0 amide bonds. The Bertz CT molecular complexity index is 1210. The normalized spacial score (nSPS) is 10.3. The van der Waals surface area contributed by atoms with Gasteiger partial charge in [0.2, 0.25) is 0 Å². The zero-order valence-electron chi connectivity index (χ0n) is 19.2. The first-order valence-corrected chi connectivity index (χ1v) is 16.4. The molecule has 5 aromatic rings. The zero-order valence-corrected chi connectivity index (χ0v) is 22.6. The van der Waals surface area contributed by atoms with Gasteiger partial charge in [-0.2, -0.15) is 11.1 Å². The molecule has 5 aromatic carbocycles. The fourth-order valence-electron chi connectivity index (χ4n) is 3.72.